The fourth-order valence-electron chi connectivity index (χ4n) is 2.06. The van der Waals surface area contributed by atoms with Gasteiger partial charge in [0.05, 0.1) is 11.4 Å². The molecule has 0 aliphatic rings. The van der Waals surface area contributed by atoms with Crippen molar-refractivity contribution in [2.24, 2.45) is 0 Å². The second-order valence-electron chi connectivity index (χ2n) is 5.15. The lowest BCUT2D eigenvalue weighted by Gasteiger charge is -2.07. The van der Waals surface area contributed by atoms with Crippen LogP contribution in [0.4, 0.5) is 5.69 Å². The van der Waals surface area contributed by atoms with Crippen molar-refractivity contribution in [3.05, 3.63) is 57.0 Å². The molecule has 1 N–H and O–H groups in total. The van der Waals surface area contributed by atoms with Crippen molar-refractivity contribution < 1.29 is 4.79 Å². The number of thioether (sulfide) groups is 1. The molecule has 0 aliphatic carbocycles. The summed E-state index contributed by atoms with van der Waals surface area (Å²) >= 11 is 8.12. The van der Waals surface area contributed by atoms with Crippen LogP contribution in [0, 0.1) is 6.92 Å². The number of amides is 1. The number of carbonyl (C=O) groups is 1. The van der Waals surface area contributed by atoms with Crippen molar-refractivity contribution in [1.82, 2.24) is 20.2 Å². The zero-order valence-corrected chi connectivity index (χ0v) is 17.1. The summed E-state index contributed by atoms with van der Waals surface area (Å²) in [6.45, 7) is 1.97. The maximum Gasteiger partial charge on any atom is 0.234 e. The lowest BCUT2D eigenvalue weighted by Crippen LogP contribution is -2.14. The Morgan fingerprint density at radius 3 is 2.68 bits per heavy atom. The molecule has 6 nitrogen and oxygen atoms in total. The van der Waals surface area contributed by atoms with Gasteiger partial charge < -0.3 is 5.32 Å². The van der Waals surface area contributed by atoms with Gasteiger partial charge in [0.2, 0.25) is 11.1 Å². The maximum absolute atomic E-state index is 12.2. The highest BCUT2D eigenvalue weighted by atomic mass is 79.9. The van der Waals surface area contributed by atoms with Crippen molar-refractivity contribution in [2.45, 2.75) is 12.1 Å². The molecule has 128 valence electrons. The second-order valence-corrected chi connectivity index (χ2v) is 7.86. The van der Waals surface area contributed by atoms with Crippen molar-refractivity contribution in [1.29, 1.82) is 0 Å². The van der Waals surface area contributed by atoms with Crippen LogP contribution < -0.4 is 5.32 Å². The second kappa shape index (κ2) is 8.11. The molecule has 25 heavy (non-hydrogen) atoms. The van der Waals surface area contributed by atoms with E-state index in [2.05, 4.69) is 52.7 Å². The molecule has 0 fully saturated rings. The minimum atomic E-state index is -0.114. The summed E-state index contributed by atoms with van der Waals surface area (Å²) in [6, 6.07) is 13.3. The summed E-state index contributed by atoms with van der Waals surface area (Å²) in [5.41, 5.74) is 2.66. The number of anilines is 1. The van der Waals surface area contributed by atoms with Crippen LogP contribution in [0.25, 0.3) is 5.69 Å². The Morgan fingerprint density at radius 1 is 1.20 bits per heavy atom. The van der Waals surface area contributed by atoms with E-state index in [1.54, 1.807) is 4.68 Å². The number of rotatable bonds is 5. The van der Waals surface area contributed by atoms with E-state index in [1.807, 2.05) is 49.4 Å². The van der Waals surface area contributed by atoms with E-state index < -0.39 is 0 Å². The topological polar surface area (TPSA) is 72.7 Å². The molecular formula is C16H13Br2N5OS. The Morgan fingerprint density at radius 2 is 1.96 bits per heavy atom. The van der Waals surface area contributed by atoms with E-state index in [-0.39, 0.29) is 11.7 Å². The average Bonchev–Trinajstić information content (AvgIpc) is 3.06. The molecule has 0 unspecified atom stereocenters. The van der Waals surface area contributed by atoms with Crippen LogP contribution in [-0.4, -0.2) is 31.9 Å². The Balaban J connectivity index is 1.64. The molecule has 9 heteroatoms. The Kier molecular flexibility index (Phi) is 5.87. The van der Waals surface area contributed by atoms with Gasteiger partial charge in [-0.05, 0) is 65.4 Å². The van der Waals surface area contributed by atoms with Gasteiger partial charge in [-0.2, -0.15) is 4.68 Å². The number of hydrogen-bond acceptors (Lipinski definition) is 5. The average molecular weight is 483 g/mol. The molecule has 3 aromatic rings. The van der Waals surface area contributed by atoms with E-state index in [0.29, 0.717) is 5.16 Å². The third-order valence-electron chi connectivity index (χ3n) is 3.29. The number of nitrogens with one attached hydrogen (secondary N) is 1. The van der Waals surface area contributed by atoms with Gasteiger partial charge in [-0.3, -0.25) is 4.79 Å². The standard InChI is InChI=1S/C16H13Br2N5OS/c1-10-8-12(4-7-14(10)18)19-15(24)9-25-16-20-21-22-23(16)13-5-2-11(17)3-6-13/h2-8H,9H2,1H3,(H,19,24). The maximum atomic E-state index is 12.2. The van der Waals surface area contributed by atoms with Crippen LogP contribution in [0.1, 0.15) is 5.56 Å². The van der Waals surface area contributed by atoms with Gasteiger partial charge in [-0.1, -0.05) is 43.6 Å². The Bertz CT molecular complexity index is 898. The van der Waals surface area contributed by atoms with Crippen LogP contribution in [0.3, 0.4) is 0 Å². The summed E-state index contributed by atoms with van der Waals surface area (Å²) in [6.07, 6.45) is 0. The first-order valence-electron chi connectivity index (χ1n) is 7.26. The Labute approximate surface area is 165 Å². The smallest absolute Gasteiger partial charge is 0.234 e. The van der Waals surface area contributed by atoms with Gasteiger partial charge in [0.1, 0.15) is 0 Å². The van der Waals surface area contributed by atoms with Crippen LogP contribution in [0.15, 0.2) is 56.6 Å². The van der Waals surface area contributed by atoms with E-state index in [1.165, 1.54) is 11.8 Å². The van der Waals surface area contributed by atoms with E-state index in [4.69, 9.17) is 0 Å². The van der Waals surface area contributed by atoms with Crippen molar-refractivity contribution >= 4 is 55.2 Å². The first-order valence-corrected chi connectivity index (χ1v) is 9.83. The van der Waals surface area contributed by atoms with Crippen LogP contribution in [-0.2, 0) is 4.79 Å². The number of aryl methyl sites for hydroxylation is 1. The molecule has 1 aromatic heterocycles. The molecule has 3 rings (SSSR count). The van der Waals surface area contributed by atoms with Gasteiger partial charge in [-0.25, -0.2) is 0 Å². The molecule has 0 bridgehead atoms. The monoisotopic (exact) mass is 481 g/mol. The number of tetrazole rings is 1. The van der Waals surface area contributed by atoms with E-state index in [0.717, 1.165) is 25.9 Å². The van der Waals surface area contributed by atoms with Gasteiger partial charge >= 0.3 is 0 Å². The molecule has 0 aliphatic heterocycles. The molecule has 1 heterocycles. The SMILES string of the molecule is Cc1cc(NC(=O)CSc2nnnn2-c2ccc(Br)cc2)ccc1Br. The summed E-state index contributed by atoms with van der Waals surface area (Å²) in [5, 5.41) is 15.1. The van der Waals surface area contributed by atoms with Gasteiger partial charge in [-0.15, -0.1) is 5.10 Å². The van der Waals surface area contributed by atoms with Crippen molar-refractivity contribution in [3.63, 3.8) is 0 Å². The highest BCUT2D eigenvalue weighted by molar-refractivity contribution is 9.10. The zero-order valence-electron chi connectivity index (χ0n) is 13.1. The third kappa shape index (κ3) is 4.68. The third-order valence-corrected chi connectivity index (χ3v) is 5.62. The Hall–Kier alpha value is -1.71. The number of halogens is 2. The molecule has 2 aromatic carbocycles. The first kappa shape index (κ1) is 18.1. The highest BCUT2D eigenvalue weighted by Gasteiger charge is 2.12. The molecule has 0 spiro atoms. The van der Waals surface area contributed by atoms with Crippen molar-refractivity contribution in [2.75, 3.05) is 11.1 Å². The molecule has 0 saturated carbocycles. The normalized spacial score (nSPS) is 10.7. The van der Waals surface area contributed by atoms with Gasteiger partial charge in [0.15, 0.2) is 0 Å². The number of nitrogens with zero attached hydrogens (tertiary/aromatic N) is 4. The van der Waals surface area contributed by atoms with Crippen LogP contribution in [0.2, 0.25) is 0 Å². The minimum absolute atomic E-state index is 0.114. The largest absolute Gasteiger partial charge is 0.325 e. The predicted octanol–water partition coefficient (Wildman–Crippen LogP) is 4.23. The summed E-state index contributed by atoms with van der Waals surface area (Å²) < 4.78 is 3.59. The van der Waals surface area contributed by atoms with E-state index >= 15 is 0 Å². The van der Waals surface area contributed by atoms with Gasteiger partial charge in [0.25, 0.3) is 0 Å². The van der Waals surface area contributed by atoms with Gasteiger partial charge in [0, 0.05) is 14.6 Å². The quantitative estimate of drug-likeness (QED) is 0.551. The zero-order chi connectivity index (χ0) is 17.8. The van der Waals surface area contributed by atoms with Crippen molar-refractivity contribution in [3.8, 4) is 5.69 Å². The van der Waals surface area contributed by atoms with Crippen LogP contribution >= 0.6 is 43.6 Å². The molecular weight excluding hydrogens is 470 g/mol. The molecule has 0 radical (unpaired) electrons. The summed E-state index contributed by atoms with van der Waals surface area (Å²) in [5.74, 6) is 0.100. The van der Waals surface area contributed by atoms with Crippen LogP contribution in [0.5, 0.6) is 0 Å². The lowest BCUT2D eigenvalue weighted by atomic mass is 10.2. The molecule has 1 amide bonds. The van der Waals surface area contributed by atoms with E-state index in [9.17, 15) is 4.79 Å². The first-order chi connectivity index (χ1) is 12.0. The fraction of sp³-hybridized carbons (Fsp3) is 0.125. The summed E-state index contributed by atoms with van der Waals surface area (Å²) in [4.78, 5) is 12.2. The number of carbonyl (C=O) groups excluding carboxylic acids is 1. The molecule has 0 atom stereocenters. The predicted molar refractivity (Wildman–Crippen MR) is 105 cm³/mol. The number of aromatic nitrogens is 4. The lowest BCUT2D eigenvalue weighted by molar-refractivity contribution is -0.113. The summed E-state index contributed by atoms with van der Waals surface area (Å²) in [7, 11) is 0. The molecule has 0 saturated heterocycles. The number of benzene rings is 2. The number of hydrogen-bond donors (Lipinski definition) is 1. The highest BCUT2D eigenvalue weighted by Crippen LogP contribution is 2.22. The fourth-order valence-corrected chi connectivity index (χ4v) is 3.26. The minimum Gasteiger partial charge on any atom is -0.325 e.